The number of hydrogen-bond acceptors (Lipinski definition) is 4. The van der Waals surface area contributed by atoms with Crippen LogP contribution in [0.5, 0.6) is 5.75 Å². The number of nitrogens with two attached hydrogens (primary N) is 1. The van der Waals surface area contributed by atoms with Gasteiger partial charge in [0.15, 0.2) is 0 Å². The number of aromatic amines is 1. The Morgan fingerprint density at radius 3 is 3.06 bits per heavy atom. The summed E-state index contributed by atoms with van der Waals surface area (Å²) in [6.07, 6.45) is 2.16. The van der Waals surface area contributed by atoms with Crippen LogP contribution in [0.4, 0.5) is 0 Å². The average Bonchev–Trinajstić information content (AvgIpc) is 2.71. The van der Waals surface area contributed by atoms with E-state index in [1.807, 2.05) is 0 Å². The number of nitrogens with one attached hydrogen (secondary N) is 1. The Kier molecular flexibility index (Phi) is 3.01. The molecule has 0 aliphatic heterocycles. The van der Waals surface area contributed by atoms with Crippen LogP contribution in [-0.2, 0) is 16.0 Å². The maximum Gasteiger partial charge on any atom is 0.322 e. The van der Waals surface area contributed by atoms with Crippen molar-refractivity contribution in [3.63, 3.8) is 0 Å². The van der Waals surface area contributed by atoms with Crippen molar-refractivity contribution in [1.29, 1.82) is 0 Å². The van der Waals surface area contributed by atoms with Crippen molar-refractivity contribution in [1.82, 2.24) is 4.98 Å². The topological polar surface area (TPSA) is 88.3 Å². The monoisotopic (exact) mass is 234 g/mol. The third kappa shape index (κ3) is 2.24. The Morgan fingerprint density at radius 2 is 2.35 bits per heavy atom. The van der Waals surface area contributed by atoms with Gasteiger partial charge in [0.2, 0.25) is 0 Å². The Labute approximate surface area is 98.2 Å². The van der Waals surface area contributed by atoms with Crippen molar-refractivity contribution in [3.8, 4) is 5.75 Å². The van der Waals surface area contributed by atoms with Gasteiger partial charge in [0.1, 0.15) is 11.8 Å². The molecule has 5 heteroatoms. The van der Waals surface area contributed by atoms with Crippen molar-refractivity contribution in [3.05, 3.63) is 30.0 Å². The van der Waals surface area contributed by atoms with E-state index in [-0.39, 0.29) is 5.75 Å². The summed E-state index contributed by atoms with van der Waals surface area (Å²) in [7, 11) is 1.31. The number of esters is 1. The molecule has 4 N–H and O–H groups in total. The largest absolute Gasteiger partial charge is 0.508 e. The normalized spacial score (nSPS) is 12.6. The molecule has 0 aliphatic carbocycles. The highest BCUT2D eigenvalue weighted by Crippen LogP contribution is 2.23. The van der Waals surface area contributed by atoms with Crippen molar-refractivity contribution in [2.24, 2.45) is 5.73 Å². The lowest BCUT2D eigenvalue weighted by atomic mass is 10.1. The van der Waals surface area contributed by atoms with Crippen LogP contribution < -0.4 is 5.73 Å². The van der Waals surface area contributed by atoms with Crippen molar-refractivity contribution < 1.29 is 14.6 Å². The number of methoxy groups -OCH3 is 1. The number of carbonyl (C=O) groups excluding carboxylic acids is 1. The quantitative estimate of drug-likeness (QED) is 0.689. The molecule has 1 atom stereocenters. The molecule has 0 fully saturated rings. The number of phenolic OH excluding ortho intramolecular Hbond substituents is 1. The van der Waals surface area contributed by atoms with Gasteiger partial charge in [-0.3, -0.25) is 4.79 Å². The second-order valence-electron chi connectivity index (χ2n) is 3.88. The van der Waals surface area contributed by atoms with Crippen LogP contribution in [0.25, 0.3) is 10.9 Å². The number of aromatic hydroxyl groups is 1. The molecular weight excluding hydrogens is 220 g/mol. The first-order valence-electron chi connectivity index (χ1n) is 5.24. The number of rotatable bonds is 3. The van der Waals surface area contributed by atoms with E-state index in [0.29, 0.717) is 6.42 Å². The Morgan fingerprint density at radius 1 is 1.59 bits per heavy atom. The second-order valence-corrected chi connectivity index (χ2v) is 3.88. The number of ether oxygens (including phenoxy) is 1. The van der Waals surface area contributed by atoms with Crippen LogP contribution in [0.3, 0.4) is 0 Å². The van der Waals surface area contributed by atoms with Gasteiger partial charge in [-0.25, -0.2) is 0 Å². The highest BCUT2D eigenvalue weighted by Gasteiger charge is 2.16. The minimum Gasteiger partial charge on any atom is -0.508 e. The van der Waals surface area contributed by atoms with E-state index in [9.17, 15) is 9.90 Å². The van der Waals surface area contributed by atoms with E-state index in [0.717, 1.165) is 16.5 Å². The van der Waals surface area contributed by atoms with Crippen LogP contribution in [0.2, 0.25) is 0 Å². The lowest BCUT2D eigenvalue weighted by Gasteiger charge is -2.08. The van der Waals surface area contributed by atoms with E-state index in [2.05, 4.69) is 9.72 Å². The summed E-state index contributed by atoms with van der Waals surface area (Å²) in [5.74, 6) is -0.260. The van der Waals surface area contributed by atoms with Gasteiger partial charge >= 0.3 is 5.97 Å². The minimum atomic E-state index is -0.693. The average molecular weight is 234 g/mol. The number of fused-ring (bicyclic) bond motifs is 1. The minimum absolute atomic E-state index is 0.185. The molecule has 0 spiro atoms. The van der Waals surface area contributed by atoms with Crippen LogP contribution in [0, 0.1) is 0 Å². The predicted octanol–water partition coefficient (Wildman–Crippen LogP) is 0.916. The zero-order chi connectivity index (χ0) is 12.4. The highest BCUT2D eigenvalue weighted by molar-refractivity contribution is 5.85. The Balaban J connectivity index is 2.30. The molecule has 0 amide bonds. The first-order chi connectivity index (χ1) is 8.11. The molecule has 1 aromatic heterocycles. The molecule has 2 aromatic rings. The van der Waals surface area contributed by atoms with Crippen molar-refractivity contribution in [2.75, 3.05) is 7.11 Å². The number of hydrogen-bond donors (Lipinski definition) is 3. The number of carbonyl (C=O) groups is 1. The Hall–Kier alpha value is -2.01. The van der Waals surface area contributed by atoms with Gasteiger partial charge in [-0.15, -0.1) is 0 Å². The molecule has 0 bridgehead atoms. The molecule has 1 heterocycles. The summed E-state index contributed by atoms with van der Waals surface area (Å²) in [5, 5.41) is 10.3. The molecule has 0 radical (unpaired) electrons. The Bertz CT molecular complexity index is 548. The third-order valence-corrected chi connectivity index (χ3v) is 2.69. The molecule has 1 aromatic carbocycles. The smallest absolute Gasteiger partial charge is 0.322 e. The molecule has 2 rings (SSSR count). The van der Waals surface area contributed by atoms with Gasteiger partial charge in [-0.1, -0.05) is 0 Å². The van der Waals surface area contributed by atoms with Gasteiger partial charge < -0.3 is 20.6 Å². The van der Waals surface area contributed by atoms with E-state index < -0.39 is 12.0 Å². The molecular formula is C12H14N2O3. The molecule has 0 unspecified atom stereocenters. The molecule has 0 aliphatic rings. The van der Waals surface area contributed by atoms with Crippen molar-refractivity contribution in [2.45, 2.75) is 12.5 Å². The van der Waals surface area contributed by atoms with E-state index in [4.69, 9.17) is 5.73 Å². The standard InChI is InChI=1S/C12H14N2O3/c1-17-12(16)10(13)4-7-6-14-11-3-2-8(15)5-9(7)11/h2-3,5-6,10,14-15H,4,13H2,1H3/t10-/m1/s1. The lowest BCUT2D eigenvalue weighted by Crippen LogP contribution is -2.33. The van der Waals surface area contributed by atoms with Crippen LogP contribution in [0.15, 0.2) is 24.4 Å². The fraction of sp³-hybridized carbons (Fsp3) is 0.250. The van der Waals surface area contributed by atoms with E-state index in [1.54, 1.807) is 24.4 Å². The van der Waals surface area contributed by atoms with Crippen LogP contribution in [0.1, 0.15) is 5.56 Å². The van der Waals surface area contributed by atoms with Crippen molar-refractivity contribution >= 4 is 16.9 Å². The fourth-order valence-electron chi connectivity index (χ4n) is 1.81. The number of aromatic nitrogens is 1. The molecule has 17 heavy (non-hydrogen) atoms. The molecule has 0 saturated carbocycles. The number of H-pyrrole nitrogens is 1. The zero-order valence-electron chi connectivity index (χ0n) is 9.43. The van der Waals surface area contributed by atoms with Gasteiger partial charge in [-0.05, 0) is 23.8 Å². The number of benzene rings is 1. The summed E-state index contributed by atoms with van der Waals surface area (Å²) in [5.41, 5.74) is 7.48. The van der Waals surface area contributed by atoms with Gasteiger partial charge in [-0.2, -0.15) is 0 Å². The summed E-state index contributed by atoms with van der Waals surface area (Å²) in [6.45, 7) is 0. The first kappa shape index (κ1) is 11.5. The lowest BCUT2D eigenvalue weighted by molar-refractivity contribution is -0.142. The zero-order valence-corrected chi connectivity index (χ0v) is 9.43. The summed E-state index contributed by atoms with van der Waals surface area (Å²) < 4.78 is 4.57. The van der Waals surface area contributed by atoms with Crippen LogP contribution >= 0.6 is 0 Å². The molecule has 0 saturated heterocycles. The SMILES string of the molecule is COC(=O)[C@H](N)Cc1c[nH]c2ccc(O)cc12. The van der Waals surface area contributed by atoms with E-state index in [1.165, 1.54) is 7.11 Å². The predicted molar refractivity (Wildman–Crippen MR) is 63.7 cm³/mol. The van der Waals surface area contributed by atoms with Gasteiger partial charge in [0.05, 0.1) is 7.11 Å². The molecule has 90 valence electrons. The van der Waals surface area contributed by atoms with E-state index >= 15 is 0 Å². The summed E-state index contributed by atoms with van der Waals surface area (Å²) >= 11 is 0. The molecule has 5 nitrogen and oxygen atoms in total. The number of phenols is 1. The van der Waals surface area contributed by atoms with Gasteiger partial charge in [0.25, 0.3) is 0 Å². The maximum atomic E-state index is 11.2. The maximum absolute atomic E-state index is 11.2. The summed E-state index contributed by atoms with van der Waals surface area (Å²) in [4.78, 5) is 14.3. The van der Waals surface area contributed by atoms with Gasteiger partial charge in [0, 0.05) is 23.5 Å². The second kappa shape index (κ2) is 4.47. The summed E-state index contributed by atoms with van der Waals surface area (Å²) in [6, 6.07) is 4.33. The third-order valence-electron chi connectivity index (χ3n) is 2.69. The van der Waals surface area contributed by atoms with Crippen LogP contribution in [-0.4, -0.2) is 29.2 Å². The highest BCUT2D eigenvalue weighted by atomic mass is 16.5. The first-order valence-corrected chi connectivity index (χ1v) is 5.24. The fourth-order valence-corrected chi connectivity index (χ4v) is 1.81.